The molecule has 0 spiro atoms. The van der Waals surface area contributed by atoms with E-state index in [1.807, 2.05) is 13.8 Å². The van der Waals surface area contributed by atoms with Crippen LogP contribution < -0.4 is 24.8 Å². The molecule has 1 aliphatic rings. The van der Waals surface area contributed by atoms with Crippen molar-refractivity contribution in [2.75, 3.05) is 39.3 Å². The van der Waals surface area contributed by atoms with Gasteiger partial charge in [-0.3, -0.25) is 9.80 Å². The summed E-state index contributed by atoms with van der Waals surface area (Å²) in [5.74, 6) is 0. The monoisotopic (exact) mass is 362 g/mol. The van der Waals surface area contributed by atoms with Gasteiger partial charge in [-0.25, -0.2) is 0 Å². The fourth-order valence-corrected chi connectivity index (χ4v) is 2.63. The molecule has 1 aromatic carbocycles. The normalized spacial score (nSPS) is 17.4. The minimum absolute atomic E-state index is 0. The highest BCUT2D eigenvalue weighted by molar-refractivity contribution is 5.14. The van der Waals surface area contributed by atoms with E-state index in [1.165, 1.54) is 5.56 Å². The average molecular weight is 363 g/mol. The molecule has 1 aliphatic heterocycles. The lowest BCUT2D eigenvalue weighted by molar-refractivity contribution is -0.0148. The number of benzene rings is 1. The summed E-state index contributed by atoms with van der Waals surface area (Å²) in [7, 11) is 0. The molecule has 0 amide bonds. The zero-order valence-corrected chi connectivity index (χ0v) is 15.5. The van der Waals surface area contributed by atoms with Crippen LogP contribution in [0.5, 0.6) is 0 Å². The third-order valence-corrected chi connectivity index (χ3v) is 3.80. The lowest BCUT2D eigenvalue weighted by atomic mass is 10.2. The number of β-amino-alcohol motifs (C(OH)–C–C–N with tert-alkyl or cyclic N) is 1. The van der Waals surface area contributed by atoms with E-state index in [-0.39, 0.29) is 37.0 Å². The number of ether oxygens (including phenoxy) is 1. The SMILES string of the molecule is CC(C)OCC(O)CN1CCN(Cc2ccccc2)CC1.[Cl-].[Cl-]. The molecule has 0 aliphatic carbocycles. The van der Waals surface area contributed by atoms with Crippen LogP contribution in [0.3, 0.4) is 0 Å². The van der Waals surface area contributed by atoms with Gasteiger partial charge in [0.25, 0.3) is 0 Å². The molecular weight excluding hydrogens is 335 g/mol. The van der Waals surface area contributed by atoms with E-state index in [1.54, 1.807) is 0 Å². The fraction of sp³-hybridized carbons (Fsp3) is 0.647. The number of aliphatic hydroxyl groups excluding tert-OH is 1. The summed E-state index contributed by atoms with van der Waals surface area (Å²) in [4.78, 5) is 4.80. The molecule has 2 rings (SSSR count). The summed E-state index contributed by atoms with van der Waals surface area (Å²) in [6, 6.07) is 10.6. The first kappa shape index (κ1) is 22.6. The van der Waals surface area contributed by atoms with E-state index in [0.717, 1.165) is 32.7 Å². The Balaban J connectivity index is 0.00000242. The van der Waals surface area contributed by atoms with Crippen LogP contribution in [0.15, 0.2) is 30.3 Å². The van der Waals surface area contributed by atoms with Gasteiger partial charge in [-0.2, -0.15) is 0 Å². The van der Waals surface area contributed by atoms with Crippen molar-refractivity contribution in [2.45, 2.75) is 32.6 Å². The standard InChI is InChI=1S/C17H28N2O2.2ClH/c1-15(2)21-14-17(20)13-19-10-8-18(9-11-19)12-16-6-4-3-5-7-16;;/h3-7,15,17,20H,8-14H2,1-2H3;2*1H/p-2. The lowest BCUT2D eigenvalue weighted by Gasteiger charge is -2.35. The van der Waals surface area contributed by atoms with Crippen LogP contribution >= 0.6 is 0 Å². The number of nitrogens with zero attached hydrogens (tertiary/aromatic N) is 2. The van der Waals surface area contributed by atoms with Crippen molar-refractivity contribution in [1.82, 2.24) is 9.80 Å². The maximum Gasteiger partial charge on any atom is 0.0900 e. The zero-order valence-electron chi connectivity index (χ0n) is 14.0. The van der Waals surface area contributed by atoms with Crippen LogP contribution in [0.25, 0.3) is 0 Å². The molecule has 1 fully saturated rings. The molecule has 134 valence electrons. The van der Waals surface area contributed by atoms with Crippen LogP contribution in [-0.2, 0) is 11.3 Å². The van der Waals surface area contributed by atoms with Gasteiger partial charge >= 0.3 is 0 Å². The summed E-state index contributed by atoms with van der Waals surface area (Å²) >= 11 is 0. The van der Waals surface area contributed by atoms with Gasteiger partial charge in [0.15, 0.2) is 0 Å². The minimum Gasteiger partial charge on any atom is -1.00 e. The van der Waals surface area contributed by atoms with Gasteiger partial charge in [0.05, 0.1) is 18.8 Å². The highest BCUT2D eigenvalue weighted by atomic mass is 35.5. The lowest BCUT2D eigenvalue weighted by Crippen LogP contribution is -3.00. The van der Waals surface area contributed by atoms with Crippen molar-refractivity contribution in [2.24, 2.45) is 0 Å². The third-order valence-electron chi connectivity index (χ3n) is 3.80. The van der Waals surface area contributed by atoms with E-state index >= 15 is 0 Å². The zero-order chi connectivity index (χ0) is 15.1. The summed E-state index contributed by atoms with van der Waals surface area (Å²) in [6.07, 6.45) is -0.199. The quantitative estimate of drug-likeness (QED) is 0.531. The van der Waals surface area contributed by atoms with E-state index in [2.05, 4.69) is 40.1 Å². The molecule has 1 saturated heterocycles. The van der Waals surface area contributed by atoms with Crippen molar-refractivity contribution in [3.8, 4) is 0 Å². The first-order valence-electron chi connectivity index (χ1n) is 7.92. The topological polar surface area (TPSA) is 35.9 Å². The Hall–Kier alpha value is -0.360. The molecule has 1 N–H and O–H groups in total. The van der Waals surface area contributed by atoms with Crippen molar-refractivity contribution in [3.63, 3.8) is 0 Å². The number of halogens is 2. The number of hydrogen-bond acceptors (Lipinski definition) is 4. The summed E-state index contributed by atoms with van der Waals surface area (Å²) in [5, 5.41) is 9.97. The first-order valence-corrected chi connectivity index (χ1v) is 7.92. The van der Waals surface area contributed by atoms with Crippen LogP contribution in [-0.4, -0.2) is 66.4 Å². The van der Waals surface area contributed by atoms with Gasteiger partial charge in [0.2, 0.25) is 0 Å². The molecule has 0 aromatic heterocycles. The van der Waals surface area contributed by atoms with Crippen molar-refractivity contribution in [1.29, 1.82) is 0 Å². The van der Waals surface area contributed by atoms with Crippen molar-refractivity contribution in [3.05, 3.63) is 35.9 Å². The Morgan fingerprint density at radius 1 is 1.00 bits per heavy atom. The number of piperazine rings is 1. The van der Waals surface area contributed by atoms with Gasteiger partial charge in [-0.1, -0.05) is 30.3 Å². The number of rotatable bonds is 7. The number of aliphatic hydroxyl groups is 1. The summed E-state index contributed by atoms with van der Waals surface area (Å²) in [6.45, 7) is 10.3. The number of hydrogen-bond donors (Lipinski definition) is 1. The van der Waals surface area contributed by atoms with Gasteiger partial charge < -0.3 is 34.7 Å². The van der Waals surface area contributed by atoms with Crippen molar-refractivity contribution >= 4 is 0 Å². The second kappa shape index (κ2) is 12.1. The highest BCUT2D eigenvalue weighted by Gasteiger charge is 2.19. The van der Waals surface area contributed by atoms with Gasteiger partial charge in [-0.15, -0.1) is 0 Å². The molecule has 4 nitrogen and oxygen atoms in total. The molecule has 23 heavy (non-hydrogen) atoms. The van der Waals surface area contributed by atoms with Crippen LogP contribution in [0, 0.1) is 0 Å². The maximum atomic E-state index is 9.97. The first-order chi connectivity index (χ1) is 10.1. The Morgan fingerprint density at radius 3 is 2.13 bits per heavy atom. The molecule has 0 radical (unpaired) electrons. The predicted molar refractivity (Wildman–Crippen MR) is 85.3 cm³/mol. The smallest absolute Gasteiger partial charge is 0.0900 e. The van der Waals surface area contributed by atoms with E-state index < -0.39 is 0 Å². The van der Waals surface area contributed by atoms with Crippen LogP contribution in [0.4, 0.5) is 0 Å². The Morgan fingerprint density at radius 2 is 1.57 bits per heavy atom. The highest BCUT2D eigenvalue weighted by Crippen LogP contribution is 2.09. The molecule has 1 aromatic rings. The van der Waals surface area contributed by atoms with Gasteiger partial charge in [-0.05, 0) is 19.4 Å². The molecule has 1 unspecified atom stereocenters. The Kier molecular flexibility index (Phi) is 11.9. The summed E-state index contributed by atoms with van der Waals surface area (Å²) in [5.41, 5.74) is 1.37. The second-order valence-electron chi connectivity index (χ2n) is 6.10. The second-order valence-corrected chi connectivity index (χ2v) is 6.10. The molecule has 0 bridgehead atoms. The molecule has 6 heteroatoms. The van der Waals surface area contributed by atoms with Gasteiger partial charge in [0.1, 0.15) is 0 Å². The molecular formula is C17H28Cl2N2O2-2. The van der Waals surface area contributed by atoms with Crippen LogP contribution in [0.1, 0.15) is 19.4 Å². The Bertz CT molecular complexity index is 399. The molecule has 1 heterocycles. The van der Waals surface area contributed by atoms with E-state index in [0.29, 0.717) is 13.2 Å². The Labute approximate surface area is 152 Å². The van der Waals surface area contributed by atoms with E-state index in [9.17, 15) is 5.11 Å². The predicted octanol–water partition coefficient (Wildman–Crippen LogP) is -4.40. The minimum atomic E-state index is -0.381. The van der Waals surface area contributed by atoms with Gasteiger partial charge in [0, 0.05) is 39.3 Å². The molecule has 0 saturated carbocycles. The third kappa shape index (κ3) is 8.89. The fourth-order valence-electron chi connectivity index (χ4n) is 2.63. The van der Waals surface area contributed by atoms with Crippen molar-refractivity contribution < 1.29 is 34.7 Å². The maximum absolute atomic E-state index is 9.97. The van der Waals surface area contributed by atoms with E-state index in [4.69, 9.17) is 4.74 Å². The summed E-state index contributed by atoms with van der Waals surface area (Å²) < 4.78 is 5.46. The molecule has 1 atom stereocenters. The largest absolute Gasteiger partial charge is 1.00 e. The average Bonchev–Trinajstić information content (AvgIpc) is 2.48. The van der Waals surface area contributed by atoms with Crippen LogP contribution in [0.2, 0.25) is 0 Å².